The van der Waals surface area contributed by atoms with Gasteiger partial charge < -0.3 is 9.88 Å². The van der Waals surface area contributed by atoms with Crippen LogP contribution in [0.5, 0.6) is 0 Å². The van der Waals surface area contributed by atoms with Crippen LogP contribution in [0, 0.1) is 0 Å². The van der Waals surface area contributed by atoms with Crippen molar-refractivity contribution in [2.45, 2.75) is 52.5 Å². The van der Waals surface area contributed by atoms with Gasteiger partial charge in [-0.3, -0.25) is 4.79 Å². The fourth-order valence-corrected chi connectivity index (χ4v) is 2.40. The predicted octanol–water partition coefficient (Wildman–Crippen LogP) is 3.97. The summed E-state index contributed by atoms with van der Waals surface area (Å²) >= 11 is 3.42. The minimum Gasteiger partial charge on any atom is -0.351 e. The van der Waals surface area contributed by atoms with Crippen LogP contribution in [0.2, 0.25) is 0 Å². The molecule has 1 rings (SSSR count). The lowest BCUT2D eigenvalue weighted by atomic mass is 10.2. The molecule has 0 saturated carbocycles. The molecule has 4 heteroatoms. The minimum absolute atomic E-state index is 0.0330. The van der Waals surface area contributed by atoms with E-state index in [9.17, 15) is 4.79 Å². The second kappa shape index (κ2) is 8.35. The molecule has 0 bridgehead atoms. The maximum absolute atomic E-state index is 12.0. The first kappa shape index (κ1) is 15.3. The van der Waals surface area contributed by atoms with Gasteiger partial charge in [0.2, 0.25) is 0 Å². The van der Waals surface area contributed by atoms with Crippen LogP contribution in [0.4, 0.5) is 0 Å². The average molecular weight is 315 g/mol. The summed E-state index contributed by atoms with van der Waals surface area (Å²) in [5, 5.41) is 2.99. The number of carbonyl (C=O) groups excluding carboxylic acids is 1. The van der Waals surface area contributed by atoms with Gasteiger partial charge in [0, 0.05) is 23.8 Å². The van der Waals surface area contributed by atoms with E-state index in [1.165, 1.54) is 19.3 Å². The van der Waals surface area contributed by atoms with Gasteiger partial charge in [-0.05, 0) is 34.8 Å². The van der Waals surface area contributed by atoms with Crippen LogP contribution in [0.15, 0.2) is 16.7 Å². The number of unbranched alkanes of at least 4 members (excludes halogenated alkanes) is 3. The Morgan fingerprint density at radius 2 is 2.06 bits per heavy atom. The predicted molar refractivity (Wildman–Crippen MR) is 78.9 cm³/mol. The van der Waals surface area contributed by atoms with Crippen LogP contribution in [-0.2, 0) is 6.54 Å². The van der Waals surface area contributed by atoms with E-state index in [0.29, 0.717) is 0 Å². The van der Waals surface area contributed by atoms with Crippen molar-refractivity contribution in [3.63, 3.8) is 0 Å². The van der Waals surface area contributed by atoms with E-state index in [-0.39, 0.29) is 5.91 Å². The summed E-state index contributed by atoms with van der Waals surface area (Å²) in [6, 6.07) is 1.89. The van der Waals surface area contributed by atoms with Gasteiger partial charge in [-0.2, -0.15) is 0 Å². The van der Waals surface area contributed by atoms with E-state index < -0.39 is 0 Å². The third-order valence-electron chi connectivity index (χ3n) is 2.88. The van der Waals surface area contributed by atoms with Gasteiger partial charge in [-0.15, -0.1) is 0 Å². The quantitative estimate of drug-likeness (QED) is 0.724. The van der Waals surface area contributed by atoms with Gasteiger partial charge in [0.05, 0.1) is 0 Å². The fourth-order valence-electron chi connectivity index (χ4n) is 1.94. The highest BCUT2D eigenvalue weighted by Gasteiger charge is 2.11. The molecule has 102 valence electrons. The molecule has 0 aliphatic rings. The second-order valence-electron chi connectivity index (χ2n) is 4.55. The van der Waals surface area contributed by atoms with Crippen molar-refractivity contribution < 1.29 is 4.79 Å². The summed E-state index contributed by atoms with van der Waals surface area (Å²) in [5.74, 6) is 0.0330. The van der Waals surface area contributed by atoms with E-state index in [1.54, 1.807) is 0 Å². The minimum atomic E-state index is 0.0330. The van der Waals surface area contributed by atoms with E-state index in [1.807, 2.05) is 16.8 Å². The van der Waals surface area contributed by atoms with Crippen LogP contribution >= 0.6 is 15.9 Å². The fraction of sp³-hybridized carbons (Fsp3) is 0.643. The smallest absolute Gasteiger partial charge is 0.267 e. The van der Waals surface area contributed by atoms with Crippen LogP contribution < -0.4 is 5.32 Å². The maximum atomic E-state index is 12.0. The van der Waals surface area contributed by atoms with E-state index in [2.05, 4.69) is 35.1 Å². The molecule has 0 aliphatic carbocycles. The average Bonchev–Trinajstić information content (AvgIpc) is 2.70. The molecule has 0 atom stereocenters. The molecule has 3 nitrogen and oxygen atoms in total. The maximum Gasteiger partial charge on any atom is 0.267 e. The summed E-state index contributed by atoms with van der Waals surface area (Å²) in [7, 11) is 0. The molecule has 0 aromatic carbocycles. The summed E-state index contributed by atoms with van der Waals surface area (Å²) in [5.41, 5.74) is 0.749. The van der Waals surface area contributed by atoms with Gasteiger partial charge in [0.15, 0.2) is 0 Å². The lowest BCUT2D eigenvalue weighted by Gasteiger charge is -2.08. The highest BCUT2D eigenvalue weighted by Crippen LogP contribution is 2.15. The topological polar surface area (TPSA) is 34.0 Å². The van der Waals surface area contributed by atoms with Crippen LogP contribution in [0.1, 0.15) is 56.4 Å². The van der Waals surface area contributed by atoms with Crippen molar-refractivity contribution in [3.8, 4) is 0 Å². The van der Waals surface area contributed by atoms with Crippen LogP contribution in [-0.4, -0.2) is 17.0 Å². The summed E-state index contributed by atoms with van der Waals surface area (Å²) in [4.78, 5) is 12.0. The molecule has 0 saturated heterocycles. The highest BCUT2D eigenvalue weighted by atomic mass is 79.9. The number of hydrogen-bond donors (Lipinski definition) is 1. The van der Waals surface area contributed by atoms with E-state index in [4.69, 9.17) is 0 Å². The van der Waals surface area contributed by atoms with Gasteiger partial charge in [-0.1, -0.05) is 33.1 Å². The van der Waals surface area contributed by atoms with Crippen molar-refractivity contribution in [2.75, 3.05) is 6.54 Å². The number of carbonyl (C=O) groups is 1. The zero-order valence-electron chi connectivity index (χ0n) is 11.3. The molecule has 0 radical (unpaired) electrons. The molecule has 0 unspecified atom stereocenters. The standard InChI is InChI=1S/C14H23BrN2O/c1-3-5-6-7-8-16-14(18)13-10-12(15)11-17(13)9-4-2/h10-11H,3-9H2,1-2H3,(H,16,18). The molecule has 18 heavy (non-hydrogen) atoms. The first-order chi connectivity index (χ1) is 8.69. The van der Waals surface area contributed by atoms with Crippen molar-refractivity contribution in [1.82, 2.24) is 9.88 Å². The third kappa shape index (κ3) is 4.84. The largest absolute Gasteiger partial charge is 0.351 e. The molecular formula is C14H23BrN2O. The Bertz CT molecular complexity index is 374. The molecule has 1 aromatic heterocycles. The Morgan fingerprint density at radius 1 is 1.28 bits per heavy atom. The van der Waals surface area contributed by atoms with Crippen molar-refractivity contribution in [1.29, 1.82) is 0 Å². The Kier molecular flexibility index (Phi) is 7.09. The molecule has 1 N–H and O–H groups in total. The molecule has 0 aliphatic heterocycles. The lowest BCUT2D eigenvalue weighted by Crippen LogP contribution is -2.26. The third-order valence-corrected chi connectivity index (χ3v) is 3.31. The van der Waals surface area contributed by atoms with Gasteiger partial charge in [-0.25, -0.2) is 0 Å². The second-order valence-corrected chi connectivity index (χ2v) is 5.47. The monoisotopic (exact) mass is 314 g/mol. The van der Waals surface area contributed by atoms with E-state index >= 15 is 0 Å². The van der Waals surface area contributed by atoms with E-state index in [0.717, 1.165) is 36.1 Å². The number of aromatic nitrogens is 1. The van der Waals surface area contributed by atoms with Crippen molar-refractivity contribution in [3.05, 3.63) is 22.4 Å². The molecule has 1 heterocycles. The number of nitrogens with one attached hydrogen (secondary N) is 1. The highest BCUT2D eigenvalue weighted by molar-refractivity contribution is 9.10. The lowest BCUT2D eigenvalue weighted by molar-refractivity contribution is 0.0943. The summed E-state index contributed by atoms with van der Waals surface area (Å²) < 4.78 is 2.97. The van der Waals surface area contributed by atoms with Gasteiger partial charge >= 0.3 is 0 Å². The zero-order valence-corrected chi connectivity index (χ0v) is 12.9. The molecule has 0 fully saturated rings. The molecule has 1 amide bonds. The molecule has 0 spiro atoms. The van der Waals surface area contributed by atoms with Crippen LogP contribution in [0.25, 0.3) is 0 Å². The Hall–Kier alpha value is -0.770. The molecular weight excluding hydrogens is 292 g/mol. The van der Waals surface area contributed by atoms with Gasteiger partial charge in [0.25, 0.3) is 5.91 Å². The number of amides is 1. The van der Waals surface area contributed by atoms with Crippen molar-refractivity contribution in [2.24, 2.45) is 0 Å². The number of hydrogen-bond acceptors (Lipinski definition) is 1. The number of halogens is 1. The summed E-state index contributed by atoms with van der Waals surface area (Å²) in [6.45, 7) is 5.95. The van der Waals surface area contributed by atoms with Gasteiger partial charge in [0.1, 0.15) is 5.69 Å². The number of rotatable bonds is 8. The first-order valence-electron chi connectivity index (χ1n) is 6.82. The SMILES string of the molecule is CCCCCCNC(=O)c1cc(Br)cn1CCC. The Labute approximate surface area is 118 Å². The summed E-state index contributed by atoms with van der Waals surface area (Å²) in [6.07, 6.45) is 7.72. The van der Waals surface area contributed by atoms with Crippen LogP contribution in [0.3, 0.4) is 0 Å². The Morgan fingerprint density at radius 3 is 2.72 bits per heavy atom. The normalized spacial score (nSPS) is 10.6. The zero-order chi connectivity index (χ0) is 13.4. The number of nitrogens with zero attached hydrogens (tertiary/aromatic N) is 1. The molecule has 1 aromatic rings. The Balaban J connectivity index is 2.45. The first-order valence-corrected chi connectivity index (χ1v) is 7.62. The number of aryl methyl sites for hydroxylation is 1. The van der Waals surface area contributed by atoms with Crippen molar-refractivity contribution >= 4 is 21.8 Å².